The second-order valence-electron chi connectivity index (χ2n) is 7.87. The molecule has 1 saturated heterocycles. The lowest BCUT2D eigenvalue weighted by Crippen LogP contribution is -2.66. The monoisotopic (exact) mass is 278 g/mol. The smallest absolute Gasteiger partial charge is 0.0309 e. The third-order valence-corrected chi connectivity index (χ3v) is 6.40. The predicted octanol–water partition coefficient (Wildman–Crippen LogP) is 3.95. The zero-order valence-corrected chi connectivity index (χ0v) is 13.7. The first kappa shape index (κ1) is 14.8. The molecule has 20 heavy (non-hydrogen) atoms. The molecule has 1 unspecified atom stereocenters. The number of rotatable bonds is 2. The molecule has 1 aliphatic heterocycles. The van der Waals surface area contributed by atoms with Crippen molar-refractivity contribution in [2.24, 2.45) is 5.92 Å². The lowest BCUT2D eigenvalue weighted by atomic mass is 9.77. The first-order valence-corrected chi connectivity index (χ1v) is 9.23. The van der Waals surface area contributed by atoms with E-state index in [0.717, 1.165) is 18.0 Å². The highest BCUT2D eigenvalue weighted by Gasteiger charge is 2.41. The Morgan fingerprint density at radius 3 is 2.40 bits per heavy atom. The summed E-state index contributed by atoms with van der Waals surface area (Å²) in [6.45, 7) is 7.39. The SMILES string of the molecule is CCC1CNC2(CCCCC2)CN1C1CCC(C)CC1. The van der Waals surface area contributed by atoms with Gasteiger partial charge in [0.15, 0.2) is 0 Å². The highest BCUT2D eigenvalue weighted by Crippen LogP contribution is 2.36. The molecule has 2 nitrogen and oxygen atoms in total. The summed E-state index contributed by atoms with van der Waals surface area (Å²) >= 11 is 0. The Hall–Kier alpha value is -0.0800. The molecule has 3 aliphatic rings. The predicted molar refractivity (Wildman–Crippen MR) is 86.0 cm³/mol. The molecule has 2 saturated carbocycles. The van der Waals surface area contributed by atoms with E-state index in [1.807, 2.05) is 0 Å². The number of nitrogens with zero attached hydrogens (tertiary/aromatic N) is 1. The van der Waals surface area contributed by atoms with Crippen molar-refractivity contribution in [1.82, 2.24) is 10.2 Å². The van der Waals surface area contributed by atoms with Gasteiger partial charge in [0.25, 0.3) is 0 Å². The maximum absolute atomic E-state index is 3.97. The first-order valence-electron chi connectivity index (χ1n) is 9.23. The van der Waals surface area contributed by atoms with Gasteiger partial charge in [0.1, 0.15) is 0 Å². The summed E-state index contributed by atoms with van der Waals surface area (Å²) in [7, 11) is 0. The topological polar surface area (TPSA) is 15.3 Å². The molecular formula is C18H34N2. The third kappa shape index (κ3) is 3.06. The maximum Gasteiger partial charge on any atom is 0.0309 e. The van der Waals surface area contributed by atoms with Gasteiger partial charge in [-0.15, -0.1) is 0 Å². The summed E-state index contributed by atoms with van der Waals surface area (Å²) in [5.41, 5.74) is 0.479. The Morgan fingerprint density at radius 2 is 1.75 bits per heavy atom. The van der Waals surface area contributed by atoms with Crippen molar-refractivity contribution in [3.63, 3.8) is 0 Å². The van der Waals surface area contributed by atoms with E-state index in [2.05, 4.69) is 24.1 Å². The molecule has 0 amide bonds. The van der Waals surface area contributed by atoms with Crippen molar-refractivity contribution in [3.8, 4) is 0 Å². The van der Waals surface area contributed by atoms with Crippen molar-refractivity contribution >= 4 is 0 Å². The largest absolute Gasteiger partial charge is 0.308 e. The van der Waals surface area contributed by atoms with Gasteiger partial charge >= 0.3 is 0 Å². The van der Waals surface area contributed by atoms with Crippen molar-refractivity contribution in [3.05, 3.63) is 0 Å². The van der Waals surface area contributed by atoms with E-state index in [1.54, 1.807) is 0 Å². The fourth-order valence-corrected chi connectivity index (χ4v) is 4.93. The molecule has 0 aromatic rings. The molecule has 3 fully saturated rings. The van der Waals surface area contributed by atoms with Gasteiger partial charge in [-0.05, 0) is 50.9 Å². The van der Waals surface area contributed by atoms with Gasteiger partial charge in [0.05, 0.1) is 0 Å². The van der Waals surface area contributed by atoms with Crippen LogP contribution in [0.3, 0.4) is 0 Å². The molecule has 2 heteroatoms. The summed E-state index contributed by atoms with van der Waals surface area (Å²) in [4.78, 5) is 2.94. The molecule has 0 bridgehead atoms. The van der Waals surface area contributed by atoms with E-state index in [0.29, 0.717) is 5.54 Å². The molecule has 1 spiro atoms. The molecular weight excluding hydrogens is 244 g/mol. The number of piperazine rings is 1. The Balaban J connectivity index is 1.68. The molecule has 1 atom stereocenters. The molecule has 1 N–H and O–H groups in total. The van der Waals surface area contributed by atoms with Gasteiger partial charge in [-0.25, -0.2) is 0 Å². The Labute approximate surface area is 125 Å². The van der Waals surface area contributed by atoms with Crippen LogP contribution in [-0.4, -0.2) is 35.6 Å². The van der Waals surface area contributed by atoms with Gasteiger partial charge < -0.3 is 5.32 Å². The third-order valence-electron chi connectivity index (χ3n) is 6.40. The standard InChI is InChI=1S/C18H34N2/c1-3-16-13-19-18(11-5-4-6-12-18)14-20(16)17-9-7-15(2)8-10-17/h15-17,19H,3-14H2,1-2H3. The van der Waals surface area contributed by atoms with Gasteiger partial charge in [-0.2, -0.15) is 0 Å². The summed E-state index contributed by atoms with van der Waals surface area (Å²) in [5.74, 6) is 0.970. The van der Waals surface area contributed by atoms with Crippen molar-refractivity contribution in [1.29, 1.82) is 0 Å². The zero-order chi connectivity index (χ0) is 14.0. The van der Waals surface area contributed by atoms with Crippen LogP contribution in [0, 0.1) is 5.92 Å². The maximum atomic E-state index is 3.97. The van der Waals surface area contributed by atoms with Gasteiger partial charge in [-0.1, -0.05) is 33.1 Å². The number of nitrogens with one attached hydrogen (secondary N) is 1. The minimum absolute atomic E-state index is 0.479. The fourth-order valence-electron chi connectivity index (χ4n) is 4.93. The highest BCUT2D eigenvalue weighted by atomic mass is 15.3. The molecule has 0 radical (unpaired) electrons. The minimum Gasteiger partial charge on any atom is -0.308 e. The van der Waals surface area contributed by atoms with Crippen LogP contribution < -0.4 is 5.32 Å². The van der Waals surface area contributed by atoms with Gasteiger partial charge in [0.2, 0.25) is 0 Å². The molecule has 116 valence electrons. The molecule has 1 heterocycles. The Kier molecular flexibility index (Phi) is 4.72. The molecule has 2 aliphatic carbocycles. The van der Waals surface area contributed by atoms with Crippen LogP contribution in [0.5, 0.6) is 0 Å². The Morgan fingerprint density at radius 1 is 1.05 bits per heavy atom. The van der Waals surface area contributed by atoms with Crippen LogP contribution in [0.4, 0.5) is 0 Å². The van der Waals surface area contributed by atoms with E-state index in [4.69, 9.17) is 0 Å². The van der Waals surface area contributed by atoms with Gasteiger partial charge in [-0.3, -0.25) is 4.90 Å². The number of hydrogen-bond acceptors (Lipinski definition) is 2. The summed E-state index contributed by atoms with van der Waals surface area (Å²) in [5, 5.41) is 3.97. The van der Waals surface area contributed by atoms with Crippen LogP contribution in [0.25, 0.3) is 0 Å². The first-order chi connectivity index (χ1) is 9.72. The second kappa shape index (κ2) is 6.36. The summed E-state index contributed by atoms with van der Waals surface area (Å²) < 4.78 is 0. The van der Waals surface area contributed by atoms with E-state index in [9.17, 15) is 0 Å². The van der Waals surface area contributed by atoms with E-state index < -0.39 is 0 Å². The molecule has 0 aromatic carbocycles. The van der Waals surface area contributed by atoms with E-state index in [-0.39, 0.29) is 0 Å². The fraction of sp³-hybridized carbons (Fsp3) is 1.00. The van der Waals surface area contributed by atoms with Crippen LogP contribution in [0.2, 0.25) is 0 Å². The second-order valence-corrected chi connectivity index (χ2v) is 7.87. The van der Waals surface area contributed by atoms with Crippen LogP contribution in [-0.2, 0) is 0 Å². The minimum atomic E-state index is 0.479. The normalized spacial score (nSPS) is 39.0. The van der Waals surface area contributed by atoms with Crippen molar-refractivity contribution < 1.29 is 0 Å². The van der Waals surface area contributed by atoms with E-state index in [1.165, 1.54) is 77.3 Å². The van der Waals surface area contributed by atoms with Crippen molar-refractivity contribution in [2.75, 3.05) is 13.1 Å². The average Bonchev–Trinajstić information content (AvgIpc) is 2.49. The van der Waals surface area contributed by atoms with E-state index >= 15 is 0 Å². The average molecular weight is 278 g/mol. The van der Waals surface area contributed by atoms with Crippen LogP contribution in [0.15, 0.2) is 0 Å². The Bertz CT molecular complexity index is 301. The summed E-state index contributed by atoms with van der Waals surface area (Å²) in [6.07, 6.45) is 14.3. The summed E-state index contributed by atoms with van der Waals surface area (Å²) in [6, 6.07) is 1.68. The molecule has 3 rings (SSSR count). The number of hydrogen-bond donors (Lipinski definition) is 1. The van der Waals surface area contributed by atoms with Crippen molar-refractivity contribution in [2.45, 2.75) is 95.7 Å². The van der Waals surface area contributed by atoms with Crippen LogP contribution in [0.1, 0.15) is 78.1 Å². The lowest BCUT2D eigenvalue weighted by Gasteiger charge is -2.53. The highest BCUT2D eigenvalue weighted by molar-refractivity contribution is 5.01. The van der Waals surface area contributed by atoms with Gasteiger partial charge in [0, 0.05) is 30.7 Å². The quantitative estimate of drug-likeness (QED) is 0.822. The zero-order valence-electron chi connectivity index (χ0n) is 13.7. The lowest BCUT2D eigenvalue weighted by molar-refractivity contribution is 0.00672. The van der Waals surface area contributed by atoms with Crippen LogP contribution >= 0.6 is 0 Å². The molecule has 0 aromatic heterocycles.